The van der Waals surface area contributed by atoms with Gasteiger partial charge in [0.1, 0.15) is 11.4 Å². The van der Waals surface area contributed by atoms with Crippen LogP contribution >= 0.6 is 23.2 Å². The molecule has 0 spiro atoms. The molecule has 7 rings (SSSR count). The molecule has 4 aliphatic carbocycles. The molecule has 0 aliphatic heterocycles. The predicted molar refractivity (Wildman–Crippen MR) is 138 cm³/mol. The van der Waals surface area contributed by atoms with E-state index in [4.69, 9.17) is 33.4 Å². The van der Waals surface area contributed by atoms with E-state index < -0.39 is 0 Å². The van der Waals surface area contributed by atoms with E-state index in [-0.39, 0.29) is 5.54 Å². The van der Waals surface area contributed by atoms with Crippen LogP contribution in [-0.2, 0) is 13.1 Å². The van der Waals surface area contributed by atoms with Crippen molar-refractivity contribution in [1.29, 1.82) is 0 Å². The van der Waals surface area contributed by atoms with Gasteiger partial charge in [0.05, 0.1) is 6.54 Å². The lowest BCUT2D eigenvalue weighted by molar-refractivity contribution is -0.118. The van der Waals surface area contributed by atoms with Gasteiger partial charge in [-0.1, -0.05) is 73.4 Å². The molecule has 4 atom stereocenters. The van der Waals surface area contributed by atoms with Gasteiger partial charge in [0, 0.05) is 33.3 Å². The molecule has 34 heavy (non-hydrogen) atoms. The highest BCUT2D eigenvalue weighted by molar-refractivity contribution is 6.35. The summed E-state index contributed by atoms with van der Waals surface area (Å²) in [5.74, 6) is 0.852. The Labute approximate surface area is 212 Å². The Hall–Kier alpha value is -1.88. The third kappa shape index (κ3) is 4.08. The monoisotopic (exact) mass is 494 g/mol. The van der Waals surface area contributed by atoms with Crippen LogP contribution in [0.15, 0.2) is 48.5 Å². The molecule has 3 aromatic rings. The first kappa shape index (κ1) is 22.6. The van der Waals surface area contributed by atoms with E-state index in [0.717, 1.165) is 35.0 Å². The van der Waals surface area contributed by atoms with Gasteiger partial charge >= 0.3 is 0 Å². The summed E-state index contributed by atoms with van der Waals surface area (Å²) in [6.45, 7) is 6.21. The van der Waals surface area contributed by atoms with Crippen molar-refractivity contribution in [2.45, 2.75) is 71.0 Å². The van der Waals surface area contributed by atoms with Gasteiger partial charge in [-0.15, -0.1) is 0 Å². The second-order valence-electron chi connectivity index (χ2n) is 11.9. The molecule has 1 N–H and O–H groups in total. The molecule has 1 aromatic heterocycles. The summed E-state index contributed by atoms with van der Waals surface area (Å²) < 4.78 is 0. The van der Waals surface area contributed by atoms with E-state index in [1.54, 1.807) is 4.80 Å². The molecule has 0 saturated heterocycles. The van der Waals surface area contributed by atoms with Gasteiger partial charge in [0.25, 0.3) is 0 Å². The molecule has 2 unspecified atom stereocenters. The van der Waals surface area contributed by atoms with Crippen LogP contribution < -0.4 is 5.32 Å². The number of rotatable bonds is 6. The lowest BCUT2D eigenvalue weighted by Gasteiger charge is -2.65. The average molecular weight is 495 g/mol. The van der Waals surface area contributed by atoms with Crippen molar-refractivity contribution in [3.63, 3.8) is 0 Å². The molecule has 2 aromatic carbocycles. The Morgan fingerprint density at radius 2 is 1.56 bits per heavy atom. The molecule has 4 aliphatic rings. The Bertz CT molecular complexity index is 1180. The SMILES string of the molecule is C[C@]12CC3CC(NCc4nn(Cc5c(Cl)cccc5Cl)nc4-c4ccccc4)(C1)C[C@@](C)(C3)C2. The smallest absolute Gasteiger partial charge is 0.117 e. The molecule has 6 heteroatoms. The van der Waals surface area contributed by atoms with Gasteiger partial charge < -0.3 is 5.32 Å². The minimum Gasteiger partial charge on any atom is -0.305 e. The summed E-state index contributed by atoms with van der Waals surface area (Å²) in [7, 11) is 0. The maximum absolute atomic E-state index is 6.44. The van der Waals surface area contributed by atoms with Gasteiger partial charge in [-0.3, -0.25) is 0 Å². The van der Waals surface area contributed by atoms with Crippen LogP contribution in [0, 0.1) is 16.7 Å². The Kier molecular flexibility index (Phi) is 5.36. The van der Waals surface area contributed by atoms with E-state index in [1.165, 1.54) is 38.5 Å². The van der Waals surface area contributed by atoms with E-state index in [0.29, 0.717) is 27.4 Å². The molecule has 1 heterocycles. The zero-order valence-corrected chi connectivity index (χ0v) is 21.5. The van der Waals surface area contributed by atoms with Crippen molar-refractivity contribution in [2.75, 3.05) is 0 Å². The predicted octanol–water partition coefficient (Wildman–Crippen LogP) is 7.14. The maximum Gasteiger partial charge on any atom is 0.117 e. The van der Waals surface area contributed by atoms with Crippen LogP contribution in [0.1, 0.15) is 63.6 Å². The van der Waals surface area contributed by atoms with Crippen LogP contribution in [-0.4, -0.2) is 20.5 Å². The summed E-state index contributed by atoms with van der Waals surface area (Å²) in [4.78, 5) is 1.74. The number of benzene rings is 2. The summed E-state index contributed by atoms with van der Waals surface area (Å²) in [6.07, 6.45) is 8.02. The number of halogens is 2. The summed E-state index contributed by atoms with van der Waals surface area (Å²) in [5, 5.41) is 15.2. The van der Waals surface area contributed by atoms with Gasteiger partial charge in [-0.25, -0.2) is 0 Å². The molecule has 4 fully saturated rings. The minimum absolute atomic E-state index is 0.215. The molecular weight excluding hydrogens is 463 g/mol. The average Bonchev–Trinajstić information content (AvgIpc) is 3.16. The fourth-order valence-electron chi connectivity index (χ4n) is 8.13. The largest absolute Gasteiger partial charge is 0.305 e. The number of hydrogen-bond acceptors (Lipinski definition) is 3. The van der Waals surface area contributed by atoms with E-state index in [9.17, 15) is 0 Å². The lowest BCUT2D eigenvalue weighted by Crippen LogP contribution is -2.63. The highest BCUT2D eigenvalue weighted by atomic mass is 35.5. The van der Waals surface area contributed by atoms with Gasteiger partial charge in [-0.2, -0.15) is 15.0 Å². The van der Waals surface area contributed by atoms with Crippen LogP contribution in [0.25, 0.3) is 11.3 Å². The fourth-order valence-corrected chi connectivity index (χ4v) is 8.65. The highest BCUT2D eigenvalue weighted by Crippen LogP contribution is 2.66. The van der Waals surface area contributed by atoms with Crippen LogP contribution in [0.2, 0.25) is 10.0 Å². The zero-order chi connectivity index (χ0) is 23.6. The quantitative estimate of drug-likeness (QED) is 0.395. The molecule has 178 valence electrons. The highest BCUT2D eigenvalue weighted by Gasteiger charge is 2.59. The lowest BCUT2D eigenvalue weighted by atomic mass is 9.43. The van der Waals surface area contributed by atoms with Crippen LogP contribution in [0.4, 0.5) is 0 Å². The fraction of sp³-hybridized carbons (Fsp3) is 0.500. The normalized spacial score (nSPS) is 31.8. The van der Waals surface area contributed by atoms with Crippen molar-refractivity contribution < 1.29 is 0 Å². The van der Waals surface area contributed by atoms with Crippen molar-refractivity contribution >= 4 is 23.2 Å². The van der Waals surface area contributed by atoms with Gasteiger partial charge in [0.15, 0.2) is 0 Å². The van der Waals surface area contributed by atoms with Gasteiger partial charge in [0.2, 0.25) is 0 Å². The molecule has 4 nitrogen and oxygen atoms in total. The summed E-state index contributed by atoms with van der Waals surface area (Å²) >= 11 is 12.9. The first-order chi connectivity index (χ1) is 16.2. The number of nitrogens with zero attached hydrogens (tertiary/aromatic N) is 3. The summed E-state index contributed by atoms with van der Waals surface area (Å²) in [5.41, 5.74) is 5.01. The van der Waals surface area contributed by atoms with E-state index >= 15 is 0 Å². The molecule has 4 bridgehead atoms. The van der Waals surface area contributed by atoms with E-state index in [2.05, 4.69) is 43.4 Å². The first-order valence-electron chi connectivity index (χ1n) is 12.4. The van der Waals surface area contributed by atoms with Crippen LogP contribution in [0.5, 0.6) is 0 Å². The standard InChI is InChI=1S/C28H32Cl2N4/c1-26-11-19-12-27(2,16-26)18-28(13-19,17-26)31-14-24-25(20-7-4-3-5-8-20)33-34(32-24)15-21-22(29)9-6-10-23(21)30/h3-10,19,31H,11-18H2,1-2H3/t19?,26-,27+,28?. The van der Waals surface area contributed by atoms with Crippen LogP contribution in [0.3, 0.4) is 0 Å². The topological polar surface area (TPSA) is 42.7 Å². The third-order valence-electron chi connectivity index (χ3n) is 8.39. The molecule has 0 radical (unpaired) electrons. The number of aromatic nitrogens is 3. The van der Waals surface area contributed by atoms with Crippen molar-refractivity contribution in [2.24, 2.45) is 16.7 Å². The van der Waals surface area contributed by atoms with Gasteiger partial charge in [-0.05, 0) is 67.4 Å². The molecule has 0 amide bonds. The van der Waals surface area contributed by atoms with Crippen molar-refractivity contribution in [3.05, 3.63) is 69.8 Å². The Morgan fingerprint density at radius 1 is 0.882 bits per heavy atom. The number of nitrogens with one attached hydrogen (secondary N) is 1. The Balaban J connectivity index is 1.30. The second kappa shape index (κ2) is 8.08. The van der Waals surface area contributed by atoms with E-state index in [1.807, 2.05) is 24.3 Å². The first-order valence-corrected chi connectivity index (χ1v) is 13.2. The number of hydrogen-bond donors (Lipinski definition) is 1. The van der Waals surface area contributed by atoms with Crippen molar-refractivity contribution in [1.82, 2.24) is 20.3 Å². The summed E-state index contributed by atoms with van der Waals surface area (Å²) in [6, 6.07) is 15.9. The molecular formula is C28H32Cl2N4. The van der Waals surface area contributed by atoms with Crippen molar-refractivity contribution in [3.8, 4) is 11.3 Å². The maximum atomic E-state index is 6.44. The Morgan fingerprint density at radius 3 is 2.21 bits per heavy atom. The minimum atomic E-state index is 0.215. The zero-order valence-electron chi connectivity index (χ0n) is 20.0. The second-order valence-corrected chi connectivity index (χ2v) is 12.7. The molecule has 4 saturated carbocycles. The third-order valence-corrected chi connectivity index (χ3v) is 9.10.